The van der Waals surface area contributed by atoms with Crippen LogP contribution in [0.5, 0.6) is 0 Å². The van der Waals surface area contributed by atoms with Crippen molar-refractivity contribution in [3.8, 4) is 0 Å². The van der Waals surface area contributed by atoms with E-state index in [1.165, 1.54) is 0 Å². The van der Waals surface area contributed by atoms with Gasteiger partial charge < -0.3 is 4.98 Å². The second kappa shape index (κ2) is 6.29. The van der Waals surface area contributed by atoms with E-state index in [2.05, 4.69) is 9.97 Å². The van der Waals surface area contributed by atoms with Gasteiger partial charge in [-0.15, -0.1) is 0 Å². The van der Waals surface area contributed by atoms with Crippen LogP contribution in [0, 0.1) is 0 Å². The van der Waals surface area contributed by atoms with Crippen molar-refractivity contribution in [3.05, 3.63) is 101 Å². The van der Waals surface area contributed by atoms with Gasteiger partial charge in [-0.3, -0.25) is 9.13 Å². The summed E-state index contributed by atoms with van der Waals surface area (Å²) in [5.74, 6) is 0.779. The topological polar surface area (TPSA) is 55.6 Å². The molecule has 0 radical (unpaired) electrons. The van der Waals surface area contributed by atoms with Crippen molar-refractivity contribution in [1.29, 1.82) is 0 Å². The van der Waals surface area contributed by atoms with E-state index in [1.807, 2.05) is 83.4 Å². The predicted octanol–water partition coefficient (Wildman–Crippen LogP) is 3.78. The van der Waals surface area contributed by atoms with Gasteiger partial charge in [0.2, 0.25) is 0 Å². The number of fused-ring (bicyclic) bond motifs is 2. The number of hydrogen-bond acceptors (Lipinski definition) is 2. The van der Waals surface area contributed by atoms with Crippen LogP contribution in [0.4, 0.5) is 0 Å². The lowest BCUT2D eigenvalue weighted by atomic mass is 10.2. The molecule has 132 valence electrons. The standard InChI is InChI=1S/C22H18N4O/c27-22-25(14-16-8-2-1-3-9-16)19-12-6-7-13-20(19)26(22)15-21-23-17-10-4-5-11-18(17)24-21/h1-13H,14-15H2,(H,23,24). The lowest BCUT2D eigenvalue weighted by Gasteiger charge is -2.03. The Bertz CT molecular complexity index is 1260. The Morgan fingerprint density at radius 3 is 2.11 bits per heavy atom. The molecular formula is C22H18N4O. The van der Waals surface area contributed by atoms with Crippen LogP contribution < -0.4 is 5.69 Å². The molecule has 0 saturated heterocycles. The van der Waals surface area contributed by atoms with Gasteiger partial charge in [0.05, 0.1) is 35.2 Å². The van der Waals surface area contributed by atoms with Gasteiger partial charge in [-0.1, -0.05) is 54.6 Å². The Hall–Kier alpha value is -3.60. The molecule has 5 aromatic rings. The average Bonchev–Trinajstić information content (AvgIpc) is 3.23. The Morgan fingerprint density at radius 2 is 1.37 bits per heavy atom. The quantitative estimate of drug-likeness (QED) is 0.534. The summed E-state index contributed by atoms with van der Waals surface area (Å²) >= 11 is 0. The highest BCUT2D eigenvalue weighted by molar-refractivity contribution is 5.77. The summed E-state index contributed by atoms with van der Waals surface area (Å²) in [5, 5.41) is 0. The van der Waals surface area contributed by atoms with Crippen molar-refractivity contribution in [2.45, 2.75) is 13.1 Å². The number of aromatic nitrogens is 4. The molecule has 2 aromatic heterocycles. The highest BCUT2D eigenvalue weighted by atomic mass is 16.1. The number of H-pyrrole nitrogens is 1. The largest absolute Gasteiger partial charge is 0.340 e. The second-order valence-electron chi connectivity index (χ2n) is 6.63. The third-order valence-electron chi connectivity index (χ3n) is 4.85. The molecule has 0 amide bonds. The molecule has 5 rings (SSSR count). The molecule has 3 aromatic carbocycles. The van der Waals surface area contributed by atoms with Crippen LogP contribution in [0.25, 0.3) is 22.1 Å². The number of nitrogens with one attached hydrogen (secondary N) is 1. The molecule has 1 N–H and O–H groups in total. The molecule has 5 heteroatoms. The number of nitrogens with zero attached hydrogens (tertiary/aromatic N) is 3. The van der Waals surface area contributed by atoms with Gasteiger partial charge in [0.15, 0.2) is 0 Å². The average molecular weight is 354 g/mol. The van der Waals surface area contributed by atoms with Gasteiger partial charge >= 0.3 is 5.69 Å². The van der Waals surface area contributed by atoms with Gasteiger partial charge in [0.1, 0.15) is 5.82 Å². The third-order valence-corrected chi connectivity index (χ3v) is 4.85. The van der Waals surface area contributed by atoms with Crippen LogP contribution in [0.3, 0.4) is 0 Å². The van der Waals surface area contributed by atoms with Gasteiger partial charge in [-0.2, -0.15) is 0 Å². The molecule has 0 aliphatic rings. The first kappa shape index (κ1) is 15.6. The molecule has 0 spiro atoms. The van der Waals surface area contributed by atoms with E-state index < -0.39 is 0 Å². The van der Waals surface area contributed by atoms with Gasteiger partial charge in [-0.05, 0) is 29.8 Å². The van der Waals surface area contributed by atoms with E-state index in [-0.39, 0.29) is 5.69 Å². The summed E-state index contributed by atoms with van der Waals surface area (Å²) in [7, 11) is 0. The summed E-state index contributed by atoms with van der Waals surface area (Å²) in [4.78, 5) is 21.1. The summed E-state index contributed by atoms with van der Waals surface area (Å²) in [6.07, 6.45) is 0. The van der Waals surface area contributed by atoms with Crippen LogP contribution >= 0.6 is 0 Å². The molecule has 27 heavy (non-hydrogen) atoms. The minimum atomic E-state index is -0.0273. The maximum Gasteiger partial charge on any atom is 0.329 e. The summed E-state index contributed by atoms with van der Waals surface area (Å²) in [6.45, 7) is 0.961. The number of aromatic amines is 1. The maximum atomic E-state index is 13.2. The fraction of sp³-hybridized carbons (Fsp3) is 0.0909. The van der Waals surface area contributed by atoms with E-state index in [0.29, 0.717) is 13.1 Å². The SMILES string of the molecule is O=c1n(Cc2ccccc2)c2ccccc2n1Cc1nc2ccccc2[nH]1. The minimum Gasteiger partial charge on any atom is -0.340 e. The van der Waals surface area contributed by atoms with Crippen molar-refractivity contribution >= 4 is 22.1 Å². The molecule has 0 fully saturated rings. The fourth-order valence-electron chi connectivity index (χ4n) is 3.57. The normalized spacial score (nSPS) is 11.4. The minimum absolute atomic E-state index is 0.0273. The van der Waals surface area contributed by atoms with E-state index in [0.717, 1.165) is 33.5 Å². The van der Waals surface area contributed by atoms with E-state index in [1.54, 1.807) is 4.57 Å². The first-order chi connectivity index (χ1) is 13.3. The molecule has 0 aliphatic carbocycles. The van der Waals surface area contributed by atoms with Crippen LogP contribution in [0.2, 0.25) is 0 Å². The molecular weight excluding hydrogens is 336 g/mol. The third kappa shape index (κ3) is 2.73. The molecule has 5 nitrogen and oxygen atoms in total. The highest BCUT2D eigenvalue weighted by Crippen LogP contribution is 2.17. The number of hydrogen-bond donors (Lipinski definition) is 1. The van der Waals surface area contributed by atoms with Crippen molar-refractivity contribution in [2.75, 3.05) is 0 Å². The first-order valence-corrected chi connectivity index (χ1v) is 8.95. The summed E-state index contributed by atoms with van der Waals surface area (Å²) in [6, 6.07) is 25.9. The van der Waals surface area contributed by atoms with Crippen LogP contribution in [0.15, 0.2) is 83.7 Å². The van der Waals surface area contributed by atoms with Gasteiger partial charge in [0, 0.05) is 0 Å². The monoisotopic (exact) mass is 354 g/mol. The van der Waals surface area contributed by atoms with E-state index >= 15 is 0 Å². The first-order valence-electron chi connectivity index (χ1n) is 8.95. The van der Waals surface area contributed by atoms with Crippen molar-refractivity contribution in [2.24, 2.45) is 0 Å². The molecule has 0 bridgehead atoms. The fourth-order valence-corrected chi connectivity index (χ4v) is 3.57. The van der Waals surface area contributed by atoms with Crippen molar-refractivity contribution in [1.82, 2.24) is 19.1 Å². The number of rotatable bonds is 4. The zero-order valence-corrected chi connectivity index (χ0v) is 14.7. The summed E-state index contributed by atoms with van der Waals surface area (Å²) < 4.78 is 3.61. The van der Waals surface area contributed by atoms with Crippen molar-refractivity contribution in [3.63, 3.8) is 0 Å². The predicted molar refractivity (Wildman–Crippen MR) is 107 cm³/mol. The zero-order valence-electron chi connectivity index (χ0n) is 14.7. The zero-order chi connectivity index (χ0) is 18.2. The highest BCUT2D eigenvalue weighted by Gasteiger charge is 2.14. The van der Waals surface area contributed by atoms with E-state index in [4.69, 9.17) is 0 Å². The Balaban J connectivity index is 1.62. The Labute approximate surface area is 155 Å². The number of para-hydroxylation sites is 4. The second-order valence-corrected chi connectivity index (χ2v) is 6.63. The lowest BCUT2D eigenvalue weighted by Crippen LogP contribution is -2.25. The molecule has 0 saturated carbocycles. The lowest BCUT2D eigenvalue weighted by molar-refractivity contribution is 0.686. The van der Waals surface area contributed by atoms with E-state index in [9.17, 15) is 4.79 Å². The molecule has 0 unspecified atom stereocenters. The Kier molecular flexibility index (Phi) is 3.64. The van der Waals surface area contributed by atoms with Crippen LogP contribution in [0.1, 0.15) is 11.4 Å². The van der Waals surface area contributed by atoms with Gasteiger partial charge in [-0.25, -0.2) is 9.78 Å². The summed E-state index contributed by atoms with van der Waals surface area (Å²) in [5.41, 5.74) is 4.82. The Morgan fingerprint density at radius 1 is 0.741 bits per heavy atom. The van der Waals surface area contributed by atoms with Crippen LogP contribution in [-0.2, 0) is 13.1 Å². The smallest absolute Gasteiger partial charge is 0.329 e. The maximum absolute atomic E-state index is 13.2. The van der Waals surface area contributed by atoms with Gasteiger partial charge in [0.25, 0.3) is 0 Å². The molecule has 2 heterocycles. The molecule has 0 atom stereocenters. The number of benzene rings is 3. The van der Waals surface area contributed by atoms with Crippen LogP contribution in [-0.4, -0.2) is 19.1 Å². The van der Waals surface area contributed by atoms with Crippen molar-refractivity contribution < 1.29 is 0 Å². The number of imidazole rings is 2. The molecule has 0 aliphatic heterocycles.